The van der Waals surface area contributed by atoms with Crippen molar-refractivity contribution in [1.29, 1.82) is 0 Å². The van der Waals surface area contributed by atoms with Crippen molar-refractivity contribution < 1.29 is 14.3 Å². The molecule has 116 valence electrons. The maximum atomic E-state index is 12.5. The largest absolute Gasteiger partial charge is 0.454 e. The lowest BCUT2D eigenvalue weighted by atomic mass is 9.86. The summed E-state index contributed by atoms with van der Waals surface area (Å²) in [6, 6.07) is 5.95. The van der Waals surface area contributed by atoms with Crippen LogP contribution in [0.15, 0.2) is 18.2 Å². The number of aromatic nitrogens is 1. The SMILES string of the molecule is CC1CCCCC1NC(=O)c1cc2cc3c(cc2[nH]1)OCO3. The van der Waals surface area contributed by atoms with Gasteiger partial charge in [-0.15, -0.1) is 0 Å². The van der Waals surface area contributed by atoms with E-state index in [1.165, 1.54) is 19.3 Å². The Hall–Kier alpha value is -2.17. The highest BCUT2D eigenvalue weighted by atomic mass is 16.7. The van der Waals surface area contributed by atoms with Crippen LogP contribution in [-0.4, -0.2) is 23.7 Å². The van der Waals surface area contributed by atoms with Crippen molar-refractivity contribution in [2.24, 2.45) is 5.92 Å². The monoisotopic (exact) mass is 300 g/mol. The van der Waals surface area contributed by atoms with E-state index in [1.54, 1.807) is 0 Å². The second kappa shape index (κ2) is 5.23. The van der Waals surface area contributed by atoms with Gasteiger partial charge in [-0.2, -0.15) is 0 Å². The maximum Gasteiger partial charge on any atom is 0.267 e. The maximum absolute atomic E-state index is 12.5. The van der Waals surface area contributed by atoms with Crippen LogP contribution in [0.1, 0.15) is 43.1 Å². The smallest absolute Gasteiger partial charge is 0.267 e. The van der Waals surface area contributed by atoms with Crippen molar-refractivity contribution in [3.05, 3.63) is 23.9 Å². The molecule has 1 fully saturated rings. The first-order valence-electron chi connectivity index (χ1n) is 7.94. The van der Waals surface area contributed by atoms with E-state index in [-0.39, 0.29) is 18.7 Å². The van der Waals surface area contributed by atoms with Crippen molar-refractivity contribution >= 4 is 16.8 Å². The van der Waals surface area contributed by atoms with Gasteiger partial charge in [0.1, 0.15) is 5.69 Å². The van der Waals surface area contributed by atoms with Crippen molar-refractivity contribution in [1.82, 2.24) is 10.3 Å². The summed E-state index contributed by atoms with van der Waals surface area (Å²) in [5.74, 6) is 1.98. The Kier molecular flexibility index (Phi) is 3.21. The number of aromatic amines is 1. The van der Waals surface area contributed by atoms with Crippen LogP contribution in [0.4, 0.5) is 0 Å². The van der Waals surface area contributed by atoms with Crippen molar-refractivity contribution in [2.75, 3.05) is 6.79 Å². The molecule has 0 saturated heterocycles. The van der Waals surface area contributed by atoms with Crippen LogP contribution in [0.5, 0.6) is 11.5 Å². The summed E-state index contributed by atoms with van der Waals surface area (Å²) in [5.41, 5.74) is 1.49. The molecule has 1 aromatic heterocycles. The number of hydrogen-bond donors (Lipinski definition) is 2. The summed E-state index contributed by atoms with van der Waals surface area (Å²) in [6.45, 7) is 2.48. The molecule has 0 radical (unpaired) electrons. The van der Waals surface area contributed by atoms with Gasteiger partial charge in [-0.25, -0.2) is 0 Å². The van der Waals surface area contributed by atoms with E-state index in [4.69, 9.17) is 9.47 Å². The van der Waals surface area contributed by atoms with Crippen LogP contribution in [0.2, 0.25) is 0 Å². The summed E-state index contributed by atoms with van der Waals surface area (Å²) in [7, 11) is 0. The molecule has 4 rings (SSSR count). The Balaban J connectivity index is 1.56. The minimum atomic E-state index is -0.0306. The van der Waals surface area contributed by atoms with Gasteiger partial charge in [0.2, 0.25) is 6.79 Å². The van der Waals surface area contributed by atoms with Crippen molar-refractivity contribution in [3.63, 3.8) is 0 Å². The summed E-state index contributed by atoms with van der Waals surface area (Å²) in [4.78, 5) is 15.7. The van der Waals surface area contributed by atoms with Gasteiger partial charge in [0.05, 0.1) is 0 Å². The second-order valence-corrected chi connectivity index (χ2v) is 6.32. The highest BCUT2D eigenvalue weighted by molar-refractivity contribution is 5.98. The predicted octanol–water partition coefficient (Wildman–Crippen LogP) is 3.21. The molecule has 5 heteroatoms. The van der Waals surface area contributed by atoms with Crippen molar-refractivity contribution in [2.45, 2.75) is 38.6 Å². The molecule has 22 heavy (non-hydrogen) atoms. The molecule has 2 aliphatic rings. The molecule has 5 nitrogen and oxygen atoms in total. The first-order chi connectivity index (χ1) is 10.7. The zero-order valence-corrected chi connectivity index (χ0v) is 12.6. The van der Waals surface area contributed by atoms with Crippen LogP contribution in [0.25, 0.3) is 10.9 Å². The van der Waals surface area contributed by atoms with E-state index >= 15 is 0 Å². The number of fused-ring (bicyclic) bond motifs is 2. The molecule has 1 amide bonds. The van der Waals surface area contributed by atoms with Crippen LogP contribution in [0.3, 0.4) is 0 Å². The van der Waals surface area contributed by atoms with Gasteiger partial charge in [-0.3, -0.25) is 4.79 Å². The van der Waals surface area contributed by atoms with Gasteiger partial charge in [0.15, 0.2) is 11.5 Å². The Morgan fingerprint density at radius 2 is 1.95 bits per heavy atom. The molecule has 2 atom stereocenters. The molecule has 1 saturated carbocycles. The molecule has 2 heterocycles. The Labute approximate surface area is 129 Å². The zero-order valence-electron chi connectivity index (χ0n) is 12.6. The highest BCUT2D eigenvalue weighted by Gasteiger charge is 2.24. The molecule has 0 spiro atoms. The summed E-state index contributed by atoms with van der Waals surface area (Å²) < 4.78 is 10.7. The van der Waals surface area contributed by atoms with Gasteiger partial charge in [0.25, 0.3) is 5.91 Å². The first-order valence-corrected chi connectivity index (χ1v) is 7.94. The van der Waals surface area contributed by atoms with Crippen LogP contribution in [0, 0.1) is 5.92 Å². The normalized spacial score (nSPS) is 23.7. The molecule has 2 aromatic rings. The molecular formula is C17H20N2O3. The van der Waals surface area contributed by atoms with Gasteiger partial charge in [-0.05, 0) is 30.9 Å². The van der Waals surface area contributed by atoms with Gasteiger partial charge in [-0.1, -0.05) is 19.8 Å². The molecule has 2 unspecified atom stereocenters. The lowest BCUT2D eigenvalue weighted by Gasteiger charge is -2.29. The molecule has 1 aliphatic carbocycles. The minimum Gasteiger partial charge on any atom is -0.454 e. The number of H-pyrrole nitrogens is 1. The summed E-state index contributed by atoms with van der Waals surface area (Å²) in [6.07, 6.45) is 4.73. The second-order valence-electron chi connectivity index (χ2n) is 6.32. The Morgan fingerprint density at radius 3 is 2.77 bits per heavy atom. The molecule has 1 aromatic carbocycles. The molecule has 0 bridgehead atoms. The molecule has 1 aliphatic heterocycles. The molecule has 2 N–H and O–H groups in total. The van der Waals surface area contributed by atoms with Crippen molar-refractivity contribution in [3.8, 4) is 11.5 Å². The number of hydrogen-bond acceptors (Lipinski definition) is 3. The van der Waals surface area contributed by atoms with Gasteiger partial charge in [0, 0.05) is 23.0 Å². The summed E-state index contributed by atoms with van der Waals surface area (Å²) >= 11 is 0. The standard InChI is InChI=1S/C17H20N2O3/c1-10-4-2-3-5-12(10)19-17(20)14-6-11-7-15-16(22-9-21-15)8-13(11)18-14/h6-8,10,12,18H,2-5,9H2,1H3,(H,19,20). The van der Waals surface area contributed by atoms with E-state index in [0.29, 0.717) is 11.6 Å². The highest BCUT2D eigenvalue weighted by Crippen LogP contribution is 2.36. The van der Waals surface area contributed by atoms with E-state index in [2.05, 4.69) is 17.2 Å². The van der Waals surface area contributed by atoms with Gasteiger partial charge >= 0.3 is 0 Å². The fourth-order valence-electron chi connectivity index (χ4n) is 3.42. The van der Waals surface area contributed by atoms with E-state index in [9.17, 15) is 4.79 Å². The number of ether oxygens (including phenoxy) is 2. The molecular weight excluding hydrogens is 280 g/mol. The topological polar surface area (TPSA) is 63.4 Å². The van der Waals surface area contributed by atoms with E-state index in [1.807, 2.05) is 18.2 Å². The zero-order chi connectivity index (χ0) is 15.1. The number of benzene rings is 1. The number of carbonyl (C=O) groups is 1. The number of amides is 1. The van der Waals surface area contributed by atoms with Crippen LogP contribution >= 0.6 is 0 Å². The Morgan fingerprint density at radius 1 is 1.18 bits per heavy atom. The summed E-state index contributed by atoms with van der Waals surface area (Å²) in [5, 5.41) is 4.13. The Bertz CT molecular complexity index is 681. The number of nitrogens with one attached hydrogen (secondary N) is 2. The lowest BCUT2D eigenvalue weighted by Crippen LogP contribution is -2.41. The number of carbonyl (C=O) groups excluding carboxylic acids is 1. The third-order valence-electron chi connectivity index (χ3n) is 4.79. The van der Waals surface area contributed by atoms with E-state index in [0.717, 1.165) is 28.8 Å². The quantitative estimate of drug-likeness (QED) is 0.895. The average Bonchev–Trinajstić information content (AvgIpc) is 3.12. The first kappa shape index (κ1) is 13.5. The van der Waals surface area contributed by atoms with E-state index < -0.39 is 0 Å². The predicted molar refractivity (Wildman–Crippen MR) is 83.3 cm³/mol. The van der Waals surface area contributed by atoms with Crippen LogP contribution in [-0.2, 0) is 0 Å². The average molecular weight is 300 g/mol. The fraction of sp³-hybridized carbons (Fsp3) is 0.471. The minimum absolute atomic E-state index is 0.0306. The third-order valence-corrected chi connectivity index (χ3v) is 4.79. The van der Waals surface area contributed by atoms with Crippen LogP contribution < -0.4 is 14.8 Å². The third kappa shape index (κ3) is 2.30. The fourth-order valence-corrected chi connectivity index (χ4v) is 3.42. The number of rotatable bonds is 2. The van der Waals surface area contributed by atoms with Gasteiger partial charge < -0.3 is 19.8 Å². The lowest BCUT2D eigenvalue weighted by molar-refractivity contribution is 0.0906.